The lowest BCUT2D eigenvalue weighted by molar-refractivity contribution is 0.415. The number of methoxy groups -OCH3 is 1. The highest BCUT2D eigenvalue weighted by molar-refractivity contribution is 7.19. The van der Waals surface area contributed by atoms with Gasteiger partial charge in [-0.25, -0.2) is 0 Å². The van der Waals surface area contributed by atoms with E-state index in [9.17, 15) is 0 Å². The van der Waals surface area contributed by atoms with Gasteiger partial charge in [-0.15, -0.1) is 11.3 Å². The van der Waals surface area contributed by atoms with Crippen LogP contribution >= 0.6 is 11.3 Å². The van der Waals surface area contributed by atoms with Gasteiger partial charge in [0.2, 0.25) is 0 Å². The van der Waals surface area contributed by atoms with Crippen molar-refractivity contribution < 1.29 is 4.74 Å². The molecule has 1 heterocycles. The van der Waals surface area contributed by atoms with Gasteiger partial charge in [0, 0.05) is 16.1 Å². The third-order valence-electron chi connectivity index (χ3n) is 3.53. The van der Waals surface area contributed by atoms with Crippen molar-refractivity contribution in [3.63, 3.8) is 0 Å². The van der Waals surface area contributed by atoms with Gasteiger partial charge < -0.3 is 10.1 Å². The standard InChI is InChI=1S/C15H19NOS/c1-3-16-9-14-15(10-4-5-10)12-8-11(17-2)6-7-13(12)18-14/h6-8,10,16H,3-5,9H2,1-2H3. The van der Waals surface area contributed by atoms with Gasteiger partial charge in [0.1, 0.15) is 5.75 Å². The Balaban J connectivity index is 2.08. The molecule has 2 aromatic rings. The number of thiophene rings is 1. The quantitative estimate of drug-likeness (QED) is 0.881. The van der Waals surface area contributed by atoms with Crippen LogP contribution in [-0.2, 0) is 6.54 Å². The molecule has 3 heteroatoms. The number of fused-ring (bicyclic) bond motifs is 1. The normalized spacial score (nSPS) is 15.2. The Labute approximate surface area is 112 Å². The van der Waals surface area contributed by atoms with Crippen molar-refractivity contribution in [1.29, 1.82) is 0 Å². The van der Waals surface area contributed by atoms with Crippen LogP contribution in [0.15, 0.2) is 18.2 Å². The van der Waals surface area contributed by atoms with Crippen LogP contribution < -0.4 is 10.1 Å². The first-order chi connectivity index (χ1) is 8.83. The van der Waals surface area contributed by atoms with Crippen LogP contribution in [0.5, 0.6) is 5.75 Å². The van der Waals surface area contributed by atoms with E-state index in [0.29, 0.717) is 0 Å². The first-order valence-electron chi connectivity index (χ1n) is 6.63. The minimum Gasteiger partial charge on any atom is -0.497 e. The lowest BCUT2D eigenvalue weighted by Crippen LogP contribution is -2.11. The van der Waals surface area contributed by atoms with Gasteiger partial charge in [0.05, 0.1) is 7.11 Å². The van der Waals surface area contributed by atoms with Gasteiger partial charge in [-0.3, -0.25) is 0 Å². The van der Waals surface area contributed by atoms with E-state index in [1.165, 1.54) is 27.8 Å². The highest BCUT2D eigenvalue weighted by Crippen LogP contribution is 2.48. The average Bonchev–Trinajstić information content (AvgIpc) is 3.16. The molecule has 2 nitrogen and oxygen atoms in total. The number of rotatable bonds is 5. The van der Waals surface area contributed by atoms with E-state index in [0.717, 1.165) is 24.8 Å². The van der Waals surface area contributed by atoms with Crippen molar-refractivity contribution >= 4 is 21.4 Å². The molecule has 0 aliphatic heterocycles. The van der Waals surface area contributed by atoms with E-state index < -0.39 is 0 Å². The largest absolute Gasteiger partial charge is 0.497 e. The minimum absolute atomic E-state index is 0.791. The van der Waals surface area contributed by atoms with Crippen molar-refractivity contribution in [2.45, 2.75) is 32.2 Å². The zero-order chi connectivity index (χ0) is 12.5. The molecule has 18 heavy (non-hydrogen) atoms. The Hall–Kier alpha value is -1.06. The van der Waals surface area contributed by atoms with Crippen LogP contribution in [0, 0.1) is 0 Å². The van der Waals surface area contributed by atoms with Gasteiger partial charge in [-0.1, -0.05) is 6.92 Å². The van der Waals surface area contributed by atoms with E-state index in [2.05, 4.69) is 30.4 Å². The Morgan fingerprint density at radius 2 is 2.22 bits per heavy atom. The predicted molar refractivity (Wildman–Crippen MR) is 77.7 cm³/mol. The van der Waals surface area contributed by atoms with Crippen LogP contribution in [0.2, 0.25) is 0 Å². The second-order valence-corrected chi connectivity index (χ2v) is 5.99. The van der Waals surface area contributed by atoms with Crippen LogP contribution in [0.4, 0.5) is 0 Å². The zero-order valence-electron chi connectivity index (χ0n) is 11.0. The summed E-state index contributed by atoms with van der Waals surface area (Å²) in [6.07, 6.45) is 2.70. The molecule has 0 unspecified atom stereocenters. The van der Waals surface area contributed by atoms with Crippen molar-refractivity contribution in [2.24, 2.45) is 0 Å². The Bertz CT molecular complexity index is 557. The summed E-state index contributed by atoms with van der Waals surface area (Å²) in [4.78, 5) is 1.52. The molecule has 1 fully saturated rings. The third-order valence-corrected chi connectivity index (χ3v) is 4.72. The van der Waals surface area contributed by atoms with Crippen molar-refractivity contribution in [3.05, 3.63) is 28.6 Å². The monoisotopic (exact) mass is 261 g/mol. The van der Waals surface area contributed by atoms with Gasteiger partial charge in [0.15, 0.2) is 0 Å². The maximum atomic E-state index is 5.36. The minimum atomic E-state index is 0.791. The first kappa shape index (κ1) is 12.0. The molecular formula is C15H19NOS. The van der Waals surface area contributed by atoms with Crippen LogP contribution in [-0.4, -0.2) is 13.7 Å². The Morgan fingerprint density at radius 3 is 2.89 bits per heavy atom. The Morgan fingerprint density at radius 1 is 1.39 bits per heavy atom. The van der Waals surface area contributed by atoms with Gasteiger partial charge in [0.25, 0.3) is 0 Å². The number of ether oxygens (including phenoxy) is 1. The van der Waals surface area contributed by atoms with Crippen molar-refractivity contribution in [3.8, 4) is 5.75 Å². The van der Waals surface area contributed by atoms with Crippen LogP contribution in [0.3, 0.4) is 0 Å². The molecule has 1 aliphatic carbocycles. The second-order valence-electron chi connectivity index (χ2n) is 4.86. The van der Waals surface area contributed by atoms with Crippen LogP contribution in [0.1, 0.15) is 36.1 Å². The zero-order valence-corrected chi connectivity index (χ0v) is 11.8. The fraction of sp³-hybridized carbons (Fsp3) is 0.467. The molecule has 1 aromatic heterocycles. The average molecular weight is 261 g/mol. The topological polar surface area (TPSA) is 21.3 Å². The number of nitrogens with one attached hydrogen (secondary N) is 1. The van der Waals surface area contributed by atoms with E-state index >= 15 is 0 Å². The van der Waals surface area contributed by atoms with E-state index in [4.69, 9.17) is 4.74 Å². The van der Waals surface area contributed by atoms with Crippen molar-refractivity contribution in [2.75, 3.05) is 13.7 Å². The third kappa shape index (κ3) is 2.13. The summed E-state index contributed by atoms with van der Waals surface area (Å²) in [7, 11) is 1.74. The fourth-order valence-corrected chi connectivity index (χ4v) is 3.70. The summed E-state index contributed by atoms with van der Waals surface area (Å²) in [6, 6.07) is 6.46. The van der Waals surface area contributed by atoms with Gasteiger partial charge in [-0.05, 0) is 54.5 Å². The molecule has 1 saturated carbocycles. The lowest BCUT2D eigenvalue weighted by atomic mass is 10.1. The summed E-state index contributed by atoms with van der Waals surface area (Å²) >= 11 is 1.93. The van der Waals surface area contributed by atoms with Crippen molar-refractivity contribution in [1.82, 2.24) is 5.32 Å². The molecule has 0 amide bonds. The Kier molecular flexibility index (Phi) is 3.27. The maximum Gasteiger partial charge on any atom is 0.119 e. The molecular weight excluding hydrogens is 242 g/mol. The van der Waals surface area contributed by atoms with Gasteiger partial charge in [-0.2, -0.15) is 0 Å². The number of hydrogen-bond donors (Lipinski definition) is 1. The molecule has 0 radical (unpaired) electrons. The SMILES string of the molecule is CCNCc1sc2ccc(OC)cc2c1C1CC1. The van der Waals surface area contributed by atoms with E-state index in [1.807, 2.05) is 11.3 Å². The number of hydrogen-bond acceptors (Lipinski definition) is 3. The molecule has 3 rings (SSSR count). The summed E-state index contributed by atoms with van der Waals surface area (Å²) in [5, 5.41) is 4.87. The highest BCUT2D eigenvalue weighted by Gasteiger charge is 2.29. The maximum absolute atomic E-state index is 5.36. The molecule has 96 valence electrons. The second kappa shape index (κ2) is 4.90. The van der Waals surface area contributed by atoms with Crippen LogP contribution in [0.25, 0.3) is 10.1 Å². The summed E-state index contributed by atoms with van der Waals surface area (Å²) < 4.78 is 6.75. The predicted octanol–water partition coefficient (Wildman–Crippen LogP) is 3.90. The number of benzene rings is 1. The smallest absolute Gasteiger partial charge is 0.119 e. The molecule has 0 atom stereocenters. The fourth-order valence-electron chi connectivity index (χ4n) is 2.46. The summed E-state index contributed by atoms with van der Waals surface area (Å²) in [5.74, 6) is 1.76. The highest BCUT2D eigenvalue weighted by atomic mass is 32.1. The molecule has 1 aliphatic rings. The molecule has 1 N–H and O–H groups in total. The van der Waals surface area contributed by atoms with Gasteiger partial charge >= 0.3 is 0 Å². The first-order valence-corrected chi connectivity index (χ1v) is 7.45. The summed E-state index contributed by atoms with van der Waals surface area (Å²) in [6.45, 7) is 4.19. The van der Waals surface area contributed by atoms with E-state index in [1.54, 1.807) is 12.7 Å². The molecule has 1 aromatic carbocycles. The molecule has 0 bridgehead atoms. The summed E-state index contributed by atoms with van der Waals surface area (Å²) in [5.41, 5.74) is 1.58. The van der Waals surface area contributed by atoms with E-state index in [-0.39, 0.29) is 0 Å². The molecule has 0 saturated heterocycles. The lowest BCUT2D eigenvalue weighted by Gasteiger charge is -2.04. The molecule has 0 spiro atoms.